The lowest BCUT2D eigenvalue weighted by Crippen LogP contribution is -2.14. The number of hydrogen-bond donors (Lipinski definition) is 2. The van der Waals surface area contributed by atoms with Gasteiger partial charge in [0.25, 0.3) is 0 Å². The van der Waals surface area contributed by atoms with Crippen molar-refractivity contribution in [2.45, 2.75) is 25.8 Å². The molecule has 0 spiro atoms. The number of aromatic nitrogens is 1. The molecule has 0 amide bonds. The van der Waals surface area contributed by atoms with Crippen LogP contribution in [0.25, 0.3) is 11.1 Å². The van der Waals surface area contributed by atoms with Crippen molar-refractivity contribution in [3.05, 3.63) is 29.7 Å². The van der Waals surface area contributed by atoms with Crippen molar-refractivity contribution in [1.82, 2.24) is 10.3 Å². The fourth-order valence-electron chi connectivity index (χ4n) is 1.95. The minimum Gasteiger partial charge on any atom is -0.441 e. The van der Waals surface area contributed by atoms with Gasteiger partial charge in [-0.15, -0.1) is 0 Å². The van der Waals surface area contributed by atoms with Crippen LogP contribution >= 0.6 is 0 Å². The van der Waals surface area contributed by atoms with Gasteiger partial charge >= 0.3 is 0 Å². The Morgan fingerprint density at radius 3 is 3.06 bits per heavy atom. The molecule has 0 fully saturated rings. The predicted octanol–water partition coefficient (Wildman–Crippen LogP) is 2.14. The summed E-state index contributed by atoms with van der Waals surface area (Å²) in [6.07, 6.45) is 2.05. The standard InChI is InChI=1S/C13H19N3O/c1-9-16-12-6-5-10(8-13(12)17-9)11(14)4-3-7-15-2/h5-6,8,11,15H,3-4,7,14H2,1-2H3. The summed E-state index contributed by atoms with van der Waals surface area (Å²) in [5, 5.41) is 3.12. The molecule has 0 aliphatic rings. The Kier molecular flexibility index (Phi) is 3.76. The molecule has 3 N–H and O–H groups in total. The SMILES string of the molecule is CNCCCC(N)c1ccc2nc(C)oc2c1. The van der Waals surface area contributed by atoms with Crippen LogP contribution in [0.1, 0.15) is 30.3 Å². The highest BCUT2D eigenvalue weighted by molar-refractivity contribution is 5.73. The van der Waals surface area contributed by atoms with Gasteiger partial charge in [-0.3, -0.25) is 0 Å². The molecule has 0 bridgehead atoms. The van der Waals surface area contributed by atoms with Crippen molar-refractivity contribution in [3.63, 3.8) is 0 Å². The third-order valence-electron chi connectivity index (χ3n) is 2.89. The lowest BCUT2D eigenvalue weighted by Gasteiger charge is -2.11. The number of rotatable bonds is 5. The van der Waals surface area contributed by atoms with E-state index in [-0.39, 0.29) is 6.04 Å². The highest BCUT2D eigenvalue weighted by Gasteiger charge is 2.09. The predicted molar refractivity (Wildman–Crippen MR) is 68.8 cm³/mol. The molecule has 1 aromatic carbocycles. The molecule has 0 aliphatic carbocycles. The summed E-state index contributed by atoms with van der Waals surface area (Å²) in [7, 11) is 1.95. The minimum absolute atomic E-state index is 0.0677. The first-order valence-corrected chi connectivity index (χ1v) is 5.98. The molecule has 1 atom stereocenters. The van der Waals surface area contributed by atoms with Crippen LogP contribution in [0, 0.1) is 6.92 Å². The molecular weight excluding hydrogens is 214 g/mol. The Balaban J connectivity index is 2.12. The zero-order valence-corrected chi connectivity index (χ0v) is 10.4. The third-order valence-corrected chi connectivity index (χ3v) is 2.89. The number of fused-ring (bicyclic) bond motifs is 1. The quantitative estimate of drug-likeness (QED) is 0.777. The smallest absolute Gasteiger partial charge is 0.192 e. The molecule has 92 valence electrons. The van der Waals surface area contributed by atoms with Crippen molar-refractivity contribution in [1.29, 1.82) is 0 Å². The lowest BCUT2D eigenvalue weighted by atomic mass is 10.0. The summed E-state index contributed by atoms with van der Waals surface area (Å²) in [5.41, 5.74) is 8.98. The van der Waals surface area contributed by atoms with Crippen LogP contribution in [0.3, 0.4) is 0 Å². The van der Waals surface area contributed by atoms with E-state index in [1.54, 1.807) is 0 Å². The van der Waals surface area contributed by atoms with E-state index in [4.69, 9.17) is 10.2 Å². The van der Waals surface area contributed by atoms with Gasteiger partial charge in [0.2, 0.25) is 0 Å². The highest BCUT2D eigenvalue weighted by Crippen LogP contribution is 2.22. The first-order valence-electron chi connectivity index (χ1n) is 5.98. The maximum atomic E-state index is 6.14. The van der Waals surface area contributed by atoms with Crippen LogP contribution in [0.5, 0.6) is 0 Å². The van der Waals surface area contributed by atoms with Crippen LogP contribution in [-0.2, 0) is 0 Å². The summed E-state index contributed by atoms with van der Waals surface area (Å²) < 4.78 is 5.51. The van der Waals surface area contributed by atoms with Gasteiger partial charge in [-0.25, -0.2) is 4.98 Å². The molecule has 4 nitrogen and oxygen atoms in total. The number of nitrogens with two attached hydrogens (primary N) is 1. The molecule has 0 saturated heterocycles. The molecule has 1 unspecified atom stereocenters. The summed E-state index contributed by atoms with van der Waals surface area (Å²) in [6, 6.07) is 6.07. The number of nitrogens with one attached hydrogen (secondary N) is 1. The first kappa shape index (κ1) is 12.1. The topological polar surface area (TPSA) is 64.1 Å². The molecule has 0 aliphatic heterocycles. The Bertz CT molecular complexity index is 492. The fourth-order valence-corrected chi connectivity index (χ4v) is 1.95. The minimum atomic E-state index is 0.0677. The Morgan fingerprint density at radius 1 is 1.47 bits per heavy atom. The molecule has 1 heterocycles. The molecule has 17 heavy (non-hydrogen) atoms. The average molecular weight is 233 g/mol. The highest BCUT2D eigenvalue weighted by atomic mass is 16.3. The Hall–Kier alpha value is -1.39. The molecule has 2 rings (SSSR count). The van der Waals surface area contributed by atoms with Crippen molar-refractivity contribution < 1.29 is 4.42 Å². The average Bonchev–Trinajstić information content (AvgIpc) is 2.68. The molecule has 4 heteroatoms. The van der Waals surface area contributed by atoms with Crippen molar-refractivity contribution in [2.24, 2.45) is 5.73 Å². The van der Waals surface area contributed by atoms with Gasteiger partial charge in [-0.2, -0.15) is 0 Å². The van der Waals surface area contributed by atoms with Crippen LogP contribution in [0.2, 0.25) is 0 Å². The van der Waals surface area contributed by atoms with E-state index in [0.29, 0.717) is 5.89 Å². The fraction of sp³-hybridized carbons (Fsp3) is 0.462. The Morgan fingerprint density at radius 2 is 2.29 bits per heavy atom. The molecule has 1 aromatic heterocycles. The van der Waals surface area contributed by atoms with E-state index < -0.39 is 0 Å². The monoisotopic (exact) mass is 233 g/mol. The van der Waals surface area contributed by atoms with Gasteiger partial charge in [0, 0.05) is 13.0 Å². The van der Waals surface area contributed by atoms with E-state index in [1.165, 1.54) is 0 Å². The molecule has 0 saturated carbocycles. The van der Waals surface area contributed by atoms with Crippen molar-refractivity contribution >= 4 is 11.1 Å². The number of benzene rings is 1. The van der Waals surface area contributed by atoms with Gasteiger partial charge in [0.1, 0.15) is 5.52 Å². The van der Waals surface area contributed by atoms with Gasteiger partial charge in [0.05, 0.1) is 0 Å². The maximum absolute atomic E-state index is 6.14. The van der Waals surface area contributed by atoms with E-state index in [1.807, 2.05) is 32.2 Å². The van der Waals surface area contributed by atoms with Crippen LogP contribution in [0.15, 0.2) is 22.6 Å². The van der Waals surface area contributed by atoms with Crippen molar-refractivity contribution in [2.75, 3.05) is 13.6 Å². The van der Waals surface area contributed by atoms with Crippen LogP contribution in [-0.4, -0.2) is 18.6 Å². The third kappa shape index (κ3) is 2.84. The normalized spacial score (nSPS) is 13.1. The summed E-state index contributed by atoms with van der Waals surface area (Å²) >= 11 is 0. The van der Waals surface area contributed by atoms with Crippen LogP contribution in [0.4, 0.5) is 0 Å². The van der Waals surface area contributed by atoms with Crippen LogP contribution < -0.4 is 11.1 Å². The van der Waals surface area contributed by atoms with E-state index in [0.717, 1.165) is 36.0 Å². The first-order chi connectivity index (χ1) is 8.20. The second-order valence-electron chi connectivity index (χ2n) is 4.31. The largest absolute Gasteiger partial charge is 0.441 e. The zero-order chi connectivity index (χ0) is 12.3. The number of aryl methyl sites for hydroxylation is 1. The van der Waals surface area contributed by atoms with Gasteiger partial charge in [-0.05, 0) is 44.1 Å². The van der Waals surface area contributed by atoms with E-state index >= 15 is 0 Å². The van der Waals surface area contributed by atoms with E-state index in [9.17, 15) is 0 Å². The number of nitrogens with zero attached hydrogens (tertiary/aromatic N) is 1. The summed E-state index contributed by atoms with van der Waals surface area (Å²) in [4.78, 5) is 4.27. The van der Waals surface area contributed by atoms with Crippen molar-refractivity contribution in [3.8, 4) is 0 Å². The van der Waals surface area contributed by atoms with Gasteiger partial charge < -0.3 is 15.5 Å². The molecule has 0 radical (unpaired) electrons. The van der Waals surface area contributed by atoms with Gasteiger partial charge in [-0.1, -0.05) is 6.07 Å². The molecule has 2 aromatic rings. The second-order valence-corrected chi connectivity index (χ2v) is 4.31. The lowest BCUT2D eigenvalue weighted by molar-refractivity contribution is 0.558. The van der Waals surface area contributed by atoms with E-state index in [2.05, 4.69) is 10.3 Å². The maximum Gasteiger partial charge on any atom is 0.192 e. The zero-order valence-electron chi connectivity index (χ0n) is 10.4. The summed E-state index contributed by atoms with van der Waals surface area (Å²) in [5.74, 6) is 0.695. The number of hydrogen-bond acceptors (Lipinski definition) is 4. The summed E-state index contributed by atoms with van der Waals surface area (Å²) in [6.45, 7) is 2.85. The molecular formula is C13H19N3O. The number of oxazole rings is 1. The van der Waals surface area contributed by atoms with Gasteiger partial charge in [0.15, 0.2) is 11.5 Å². The second kappa shape index (κ2) is 5.29. The Labute approximate surface area is 101 Å².